The molecular formula is C54H76Cr2N24O8. The fraction of sp³-hybridized carbons (Fsp3) is 0.333. The fourth-order valence-electron chi connectivity index (χ4n) is 7.10. The molecule has 88 heavy (non-hydrogen) atoms. The Hall–Kier alpha value is -10.9. The van der Waals surface area contributed by atoms with E-state index in [-0.39, 0.29) is 78.5 Å². The molecule has 472 valence electrons. The standard InChI is InChI=1S/3C14H18N4.12CN.2Cr.8H2O/c3*1-7-15-13(16-8-1)11-3-5-12(6-4-11)14-17-9-2-10-18-14;12*1-2;;;;;;;;;;/h3*3-6H,1-2,7-10H2,(H,15,16)(H,17,18);;;;;;;;;;;;;;;8*1H2/q;;;12*-1;2*+3;;;;;;;;/p+6. The van der Waals surface area contributed by atoms with Crippen LogP contribution in [0.1, 0.15) is 71.9 Å². The van der Waals surface area contributed by atoms with Gasteiger partial charge in [-0.15, -0.1) is 0 Å². The molecule has 2 radical (unpaired) electrons. The first-order valence-electron chi connectivity index (χ1n) is 22.9. The van der Waals surface area contributed by atoms with Gasteiger partial charge in [-0.3, -0.25) is 61.9 Å². The van der Waals surface area contributed by atoms with E-state index in [4.69, 9.17) is 142 Å². The minimum Gasteiger partial charge on any atom is -0.512 e. The van der Waals surface area contributed by atoms with Crippen LogP contribution in [0.25, 0.3) is 0 Å². The summed E-state index contributed by atoms with van der Waals surface area (Å²) >= 11 is 0. The van der Waals surface area contributed by atoms with Crippen molar-refractivity contribution in [2.45, 2.75) is 38.5 Å². The predicted octanol–water partition coefficient (Wildman–Crippen LogP) is -13.5. The van der Waals surface area contributed by atoms with Crippen molar-refractivity contribution in [3.05, 3.63) is 185 Å². The van der Waals surface area contributed by atoms with Crippen molar-refractivity contribution in [3.63, 3.8) is 0 Å². The molecule has 0 saturated heterocycles. The Morgan fingerprint density at radius 3 is 0.364 bits per heavy atom. The van der Waals surface area contributed by atoms with E-state index in [1.807, 2.05) is 0 Å². The molecule has 9 rings (SSSR count). The van der Waals surface area contributed by atoms with Crippen LogP contribution < -0.4 is 61.9 Å². The third-order valence-corrected chi connectivity index (χ3v) is 10.1. The van der Waals surface area contributed by atoms with E-state index in [0.29, 0.717) is 0 Å². The van der Waals surface area contributed by atoms with E-state index in [1.165, 1.54) is 71.9 Å². The van der Waals surface area contributed by atoms with Crippen LogP contribution in [0.2, 0.25) is 0 Å². The maximum Gasteiger partial charge on any atom is 3.00 e. The third kappa shape index (κ3) is 49.7. The average Bonchev–Trinajstić information content (AvgIpc) is 3.60. The Morgan fingerprint density at radius 1 is 0.205 bits per heavy atom. The molecule has 0 aliphatic carbocycles. The molecule has 0 unspecified atom stereocenters. The maximum absolute atomic E-state index is 6.25. The van der Waals surface area contributed by atoms with Crippen molar-refractivity contribution in [3.8, 4) is 0 Å². The van der Waals surface area contributed by atoms with Gasteiger partial charge in [-0.05, 0) is 72.8 Å². The second-order valence-electron chi connectivity index (χ2n) is 14.2. The van der Waals surface area contributed by atoms with E-state index in [1.54, 1.807) is 0 Å². The van der Waals surface area contributed by atoms with Crippen LogP contribution in [0, 0.1) is 142 Å². The summed E-state index contributed by atoms with van der Waals surface area (Å²) in [4.78, 5) is 20.4. The quantitative estimate of drug-likeness (QED) is 0.102. The van der Waals surface area contributed by atoms with Gasteiger partial charge in [0, 0.05) is 38.5 Å². The van der Waals surface area contributed by atoms with Gasteiger partial charge >= 0.3 is 34.7 Å². The van der Waals surface area contributed by atoms with Crippen molar-refractivity contribution in [1.29, 1.82) is 63.1 Å². The molecule has 6 heterocycles. The Bertz CT molecular complexity index is 2020. The van der Waals surface area contributed by atoms with Crippen molar-refractivity contribution in [2.75, 3.05) is 78.5 Å². The molecule has 0 spiro atoms. The van der Waals surface area contributed by atoms with Gasteiger partial charge in [0.2, 0.25) is 0 Å². The van der Waals surface area contributed by atoms with Gasteiger partial charge < -0.3 is 186 Å². The van der Waals surface area contributed by atoms with Crippen LogP contribution in [0.5, 0.6) is 0 Å². The molecule has 3 aromatic carbocycles. The summed E-state index contributed by atoms with van der Waals surface area (Å²) < 4.78 is 0. The fourth-order valence-corrected chi connectivity index (χ4v) is 7.10. The van der Waals surface area contributed by atoms with Gasteiger partial charge in [-0.1, -0.05) is 0 Å². The van der Waals surface area contributed by atoms with Gasteiger partial charge in [0.1, 0.15) is 0 Å². The minimum absolute atomic E-state index is 0. The topological polar surface area (TPSA) is 693 Å². The van der Waals surface area contributed by atoms with E-state index >= 15 is 0 Å². The SMILES string of the molecule is O.O.O.O.O.O.O.O.[C-]#N.[C-]#N.[C-]#N.[C-]#N.[C-]#N.[C-]#N.[C-]#N.[C-]#N.[C-]#N.[C-]#N.[C-]#N.[C-]#N.[Cr+3].[Cr+3].c1cc(C2=[NH+]CCCN2)ccc1C1=[NH+]CCCN1.c1cc(C2=[NH+]CCCN2)ccc1C1=[NH+]CCCN1.c1cc(C2=[NH+]CCCN2)ccc1C1=[NH+]CCCN1. The Morgan fingerprint density at radius 2 is 0.295 bits per heavy atom. The monoisotopic (exact) mass is 1290 g/mol. The summed E-state index contributed by atoms with van der Waals surface area (Å²) in [6, 6.07) is 26.0. The molecule has 0 aromatic heterocycles. The summed E-state index contributed by atoms with van der Waals surface area (Å²) in [5.41, 5.74) is 7.39. The third-order valence-electron chi connectivity index (χ3n) is 10.1. The van der Waals surface area contributed by atoms with Gasteiger partial charge in [0.05, 0.1) is 112 Å². The van der Waals surface area contributed by atoms with Gasteiger partial charge in [-0.2, -0.15) is 0 Å². The number of nitrogens with zero attached hydrogens (tertiary/aromatic N) is 12. The number of nitrogens with one attached hydrogen (secondary N) is 12. The summed E-state index contributed by atoms with van der Waals surface area (Å²) in [6.45, 7) is 69.7. The molecule has 0 atom stereocenters. The van der Waals surface area contributed by atoms with Crippen molar-refractivity contribution >= 4 is 35.0 Å². The van der Waals surface area contributed by atoms with E-state index in [0.717, 1.165) is 114 Å². The Labute approximate surface area is 538 Å². The minimum atomic E-state index is 0. The number of hydrogen-bond acceptors (Lipinski definition) is 18. The molecule has 0 bridgehead atoms. The average molecular weight is 1290 g/mol. The van der Waals surface area contributed by atoms with E-state index in [2.05, 4.69) is 135 Å². The molecule has 0 saturated carbocycles. The second-order valence-corrected chi connectivity index (χ2v) is 14.2. The first kappa shape index (κ1) is 120. The number of rotatable bonds is 6. The van der Waals surface area contributed by atoms with Crippen molar-refractivity contribution in [2.24, 2.45) is 0 Å². The van der Waals surface area contributed by atoms with Crippen LogP contribution in [0.15, 0.2) is 72.8 Å². The van der Waals surface area contributed by atoms with Crippen LogP contribution in [-0.4, -0.2) is 157 Å². The summed E-state index contributed by atoms with van der Waals surface area (Å²) in [7, 11) is 0. The smallest absolute Gasteiger partial charge is 0.512 e. The predicted molar refractivity (Wildman–Crippen MR) is 303 cm³/mol. The molecule has 28 N–H and O–H groups in total. The van der Waals surface area contributed by atoms with Gasteiger partial charge in [0.25, 0.3) is 35.0 Å². The van der Waals surface area contributed by atoms with Crippen LogP contribution >= 0.6 is 0 Å². The molecule has 3 aromatic rings. The summed E-state index contributed by atoms with van der Waals surface area (Å²) in [5.74, 6) is 6.93. The molecule has 6 aliphatic heterocycles. The van der Waals surface area contributed by atoms with E-state index < -0.39 is 0 Å². The zero-order valence-electron chi connectivity index (χ0n) is 47.8. The van der Waals surface area contributed by atoms with Crippen molar-refractivity contribution < 1.29 is 108 Å². The van der Waals surface area contributed by atoms with Gasteiger partial charge in [0.15, 0.2) is 0 Å². The van der Waals surface area contributed by atoms with Gasteiger partial charge in [-0.25, -0.2) is 0 Å². The normalized spacial score (nSPS) is 12.1. The van der Waals surface area contributed by atoms with E-state index in [9.17, 15) is 0 Å². The van der Waals surface area contributed by atoms with Crippen LogP contribution in [0.4, 0.5) is 0 Å². The largest absolute Gasteiger partial charge is 3.00 e. The summed E-state index contributed by atoms with van der Waals surface area (Å²) in [5, 5.41) is 95.4. The number of amidine groups is 6. The first-order chi connectivity index (χ1) is 38.8. The molecular weight excluding hydrogens is 1220 g/mol. The molecule has 34 heteroatoms. The maximum atomic E-state index is 6.25. The molecule has 32 nitrogen and oxygen atoms in total. The molecule has 6 aliphatic rings. The number of hydrogen-bond donors (Lipinski definition) is 12. The zero-order valence-corrected chi connectivity index (χ0v) is 50.4. The first-order valence-corrected chi connectivity index (χ1v) is 22.9. The zero-order chi connectivity index (χ0) is 60.6. The summed E-state index contributed by atoms with van der Waals surface area (Å²) in [6.07, 6.45) is 7.13. The molecule has 0 fully saturated rings. The van der Waals surface area contributed by atoms with Crippen LogP contribution in [-0.2, 0) is 34.7 Å². The Kier molecular flexibility index (Phi) is 130. The van der Waals surface area contributed by atoms with Crippen molar-refractivity contribution in [1.82, 2.24) is 31.9 Å². The van der Waals surface area contributed by atoms with Crippen LogP contribution in [0.3, 0.4) is 0 Å². The molecule has 0 amide bonds. The Balaban J connectivity index is -0.0000000513. The second kappa shape index (κ2) is 95.3. The number of benzene rings is 3.